The van der Waals surface area contributed by atoms with Crippen molar-refractivity contribution in [1.29, 1.82) is 0 Å². The number of H-pyrrole nitrogens is 1. The predicted molar refractivity (Wildman–Crippen MR) is 161 cm³/mol. The van der Waals surface area contributed by atoms with Crippen molar-refractivity contribution < 1.29 is 17.9 Å². The molecule has 43 heavy (non-hydrogen) atoms. The van der Waals surface area contributed by atoms with Crippen molar-refractivity contribution in [2.75, 3.05) is 53.6 Å². The molecule has 0 saturated carbocycles. The van der Waals surface area contributed by atoms with Crippen LogP contribution in [-0.4, -0.2) is 106 Å². The summed E-state index contributed by atoms with van der Waals surface area (Å²) >= 11 is 0. The number of likely N-dealkylation sites (N-methyl/N-ethyl adjacent to an activating group) is 1. The minimum atomic E-state index is -3.77. The summed E-state index contributed by atoms with van der Waals surface area (Å²) in [5.74, 6) is 1.29. The van der Waals surface area contributed by atoms with E-state index in [4.69, 9.17) is 19.6 Å². The minimum Gasteiger partial charge on any atom is -0.493 e. The van der Waals surface area contributed by atoms with Crippen molar-refractivity contribution in [2.24, 2.45) is 0 Å². The van der Waals surface area contributed by atoms with E-state index in [-0.39, 0.29) is 17.3 Å². The van der Waals surface area contributed by atoms with Crippen LogP contribution in [0.4, 0.5) is 0 Å². The quantitative estimate of drug-likeness (QED) is 0.236. The fraction of sp³-hybridized carbons (Fsp3) is 0.536. The van der Waals surface area contributed by atoms with Gasteiger partial charge < -0.3 is 19.4 Å². The SMILES string of the molecule is CCCOc1ccc(S(=O)(=O)N2CCN(C)CC2)cc1-c1nc2c(CCC)nn(Cc3ncnn3CCOC)c2c(=O)[nH]1. The number of aromatic amines is 1. The molecule has 1 N–H and O–H groups in total. The second-order valence-corrected chi connectivity index (χ2v) is 12.5. The zero-order valence-electron chi connectivity index (χ0n) is 25.1. The number of aryl methyl sites for hydroxylation is 1. The molecule has 1 saturated heterocycles. The fourth-order valence-electron chi connectivity index (χ4n) is 5.08. The van der Waals surface area contributed by atoms with Gasteiger partial charge in [0.2, 0.25) is 10.0 Å². The van der Waals surface area contributed by atoms with Gasteiger partial charge >= 0.3 is 0 Å². The Kier molecular flexibility index (Phi) is 9.54. The van der Waals surface area contributed by atoms with Gasteiger partial charge in [0.1, 0.15) is 35.8 Å². The Bertz CT molecular complexity index is 1720. The molecule has 4 heterocycles. The number of nitrogens with zero attached hydrogens (tertiary/aromatic N) is 8. The van der Waals surface area contributed by atoms with Crippen LogP contribution >= 0.6 is 0 Å². The highest BCUT2D eigenvalue weighted by molar-refractivity contribution is 7.89. The van der Waals surface area contributed by atoms with Gasteiger partial charge in [0.15, 0.2) is 5.52 Å². The third-order valence-corrected chi connectivity index (χ3v) is 9.31. The van der Waals surface area contributed by atoms with E-state index in [0.29, 0.717) is 86.2 Å². The molecule has 0 aliphatic carbocycles. The van der Waals surface area contributed by atoms with Crippen molar-refractivity contribution in [2.45, 2.75) is 51.1 Å². The maximum absolute atomic E-state index is 13.7. The van der Waals surface area contributed by atoms with Crippen LogP contribution in [0.2, 0.25) is 0 Å². The van der Waals surface area contributed by atoms with Gasteiger partial charge in [-0.2, -0.15) is 14.5 Å². The second-order valence-electron chi connectivity index (χ2n) is 10.6. The molecule has 5 rings (SSSR count). The summed E-state index contributed by atoms with van der Waals surface area (Å²) in [6, 6.07) is 4.74. The first-order chi connectivity index (χ1) is 20.8. The average Bonchev–Trinajstić information content (AvgIpc) is 3.59. The molecule has 4 aromatic rings. The molecule has 0 spiro atoms. The fourth-order valence-corrected chi connectivity index (χ4v) is 6.53. The number of piperazine rings is 1. The van der Waals surface area contributed by atoms with Gasteiger partial charge in [0.05, 0.1) is 35.9 Å². The molecule has 15 heteroatoms. The van der Waals surface area contributed by atoms with Gasteiger partial charge in [-0.3, -0.25) is 4.79 Å². The lowest BCUT2D eigenvalue weighted by Gasteiger charge is -2.31. The topological polar surface area (TPSA) is 153 Å². The zero-order valence-corrected chi connectivity index (χ0v) is 25.9. The predicted octanol–water partition coefficient (Wildman–Crippen LogP) is 1.75. The number of sulfonamides is 1. The maximum atomic E-state index is 13.7. The number of nitrogens with one attached hydrogen (secondary N) is 1. The van der Waals surface area contributed by atoms with E-state index < -0.39 is 15.6 Å². The largest absolute Gasteiger partial charge is 0.493 e. The molecule has 3 aromatic heterocycles. The van der Waals surface area contributed by atoms with Crippen LogP contribution in [0, 0.1) is 0 Å². The van der Waals surface area contributed by atoms with Crippen molar-refractivity contribution in [3.63, 3.8) is 0 Å². The number of hydrogen-bond donors (Lipinski definition) is 1. The van der Waals surface area contributed by atoms with E-state index in [2.05, 4.69) is 20.0 Å². The standard InChI is InChI=1S/C28H39N9O5S/c1-5-7-22-25-26(37(33-22)18-24-29-19-30-36(24)14-16-41-4)28(38)32-27(31-25)21-17-20(8-9-23(21)42-15-6-2)43(39,40)35-12-10-34(3)11-13-35/h8-9,17,19H,5-7,10-16,18H2,1-4H3,(H,31,32,38). The second kappa shape index (κ2) is 13.3. The molecule has 0 amide bonds. The summed E-state index contributed by atoms with van der Waals surface area (Å²) in [5.41, 5.74) is 1.44. The van der Waals surface area contributed by atoms with Crippen molar-refractivity contribution in [3.8, 4) is 17.1 Å². The Balaban J connectivity index is 1.59. The summed E-state index contributed by atoms with van der Waals surface area (Å²) in [7, 11) is -0.175. The number of fused-ring (bicyclic) bond motifs is 1. The van der Waals surface area contributed by atoms with Crippen molar-refractivity contribution >= 4 is 21.1 Å². The summed E-state index contributed by atoms with van der Waals surface area (Å²) in [5, 5.41) is 9.01. The third-order valence-electron chi connectivity index (χ3n) is 7.42. The first-order valence-corrected chi connectivity index (χ1v) is 16.0. The Morgan fingerprint density at radius 1 is 1.05 bits per heavy atom. The van der Waals surface area contributed by atoms with Crippen LogP contribution in [0.25, 0.3) is 22.4 Å². The Morgan fingerprint density at radius 3 is 2.56 bits per heavy atom. The Hall–Kier alpha value is -3.66. The van der Waals surface area contributed by atoms with Crippen molar-refractivity contribution in [1.82, 2.24) is 43.7 Å². The Labute approximate surface area is 250 Å². The number of benzene rings is 1. The van der Waals surface area contributed by atoms with Crippen LogP contribution in [0.15, 0.2) is 34.2 Å². The maximum Gasteiger partial charge on any atom is 0.277 e. The molecule has 14 nitrogen and oxygen atoms in total. The molecular formula is C28H39N9O5S. The summed E-state index contributed by atoms with van der Waals surface area (Å²) in [6.45, 7) is 7.76. The average molecular weight is 614 g/mol. The van der Waals surface area contributed by atoms with E-state index in [1.165, 1.54) is 10.6 Å². The molecule has 0 radical (unpaired) electrons. The molecule has 0 unspecified atom stereocenters. The number of ether oxygens (including phenoxy) is 2. The monoisotopic (exact) mass is 613 g/mol. The smallest absolute Gasteiger partial charge is 0.277 e. The Morgan fingerprint density at radius 2 is 1.84 bits per heavy atom. The first kappa shape index (κ1) is 30.8. The highest BCUT2D eigenvalue weighted by atomic mass is 32.2. The van der Waals surface area contributed by atoms with Crippen molar-refractivity contribution in [3.05, 3.63) is 46.4 Å². The molecule has 1 aromatic carbocycles. The number of hydrogen-bond acceptors (Lipinski definition) is 10. The lowest BCUT2D eigenvalue weighted by atomic mass is 10.1. The van der Waals surface area contributed by atoms with Gasteiger partial charge in [-0.15, -0.1) is 0 Å². The highest BCUT2D eigenvalue weighted by Crippen LogP contribution is 2.32. The van der Waals surface area contributed by atoms with E-state index in [0.717, 1.165) is 12.8 Å². The van der Waals surface area contributed by atoms with Crippen LogP contribution in [0.3, 0.4) is 0 Å². The lowest BCUT2D eigenvalue weighted by Crippen LogP contribution is -2.47. The van der Waals surface area contributed by atoms with Gasteiger partial charge in [0, 0.05) is 33.3 Å². The molecule has 0 bridgehead atoms. The van der Waals surface area contributed by atoms with Crippen LogP contribution in [-0.2, 0) is 34.3 Å². The normalized spacial score (nSPS) is 15.0. The van der Waals surface area contributed by atoms with E-state index >= 15 is 0 Å². The van der Waals surface area contributed by atoms with Gasteiger partial charge in [-0.25, -0.2) is 27.7 Å². The van der Waals surface area contributed by atoms with E-state index in [9.17, 15) is 13.2 Å². The first-order valence-electron chi connectivity index (χ1n) is 14.6. The van der Waals surface area contributed by atoms with Crippen LogP contribution in [0.1, 0.15) is 38.2 Å². The number of aromatic nitrogens is 7. The van der Waals surface area contributed by atoms with E-state index in [1.807, 2.05) is 20.9 Å². The molecular weight excluding hydrogens is 574 g/mol. The van der Waals surface area contributed by atoms with E-state index in [1.54, 1.807) is 34.7 Å². The summed E-state index contributed by atoms with van der Waals surface area (Å²) < 4.78 is 43.2. The highest BCUT2D eigenvalue weighted by Gasteiger charge is 2.29. The van der Waals surface area contributed by atoms with Gasteiger partial charge in [-0.1, -0.05) is 20.3 Å². The van der Waals surface area contributed by atoms with Gasteiger partial charge in [0.25, 0.3) is 5.56 Å². The molecule has 1 fully saturated rings. The third kappa shape index (κ3) is 6.49. The number of methoxy groups -OCH3 is 1. The summed E-state index contributed by atoms with van der Waals surface area (Å²) in [4.78, 5) is 28.0. The van der Waals surface area contributed by atoms with Crippen LogP contribution < -0.4 is 10.3 Å². The minimum absolute atomic E-state index is 0.124. The summed E-state index contributed by atoms with van der Waals surface area (Å²) in [6.07, 6.45) is 3.62. The molecule has 0 atom stereocenters. The molecule has 232 valence electrons. The van der Waals surface area contributed by atoms with Crippen LogP contribution in [0.5, 0.6) is 5.75 Å². The molecule has 1 aliphatic heterocycles. The van der Waals surface area contributed by atoms with Gasteiger partial charge in [-0.05, 0) is 38.1 Å². The lowest BCUT2D eigenvalue weighted by molar-refractivity contribution is 0.182. The zero-order chi connectivity index (χ0) is 30.6. The number of rotatable bonds is 13. The molecule has 1 aliphatic rings.